The van der Waals surface area contributed by atoms with Crippen molar-refractivity contribution in [2.45, 2.75) is 74.2 Å². The van der Waals surface area contributed by atoms with E-state index in [-0.39, 0.29) is 40.3 Å². The van der Waals surface area contributed by atoms with Crippen LogP contribution >= 0.6 is 11.6 Å². The highest BCUT2D eigenvalue weighted by Crippen LogP contribution is 2.53. The molecule has 1 saturated carbocycles. The molecule has 1 aliphatic heterocycles. The van der Waals surface area contributed by atoms with Crippen LogP contribution in [0.1, 0.15) is 62.1 Å². The molecule has 0 spiro atoms. The van der Waals surface area contributed by atoms with E-state index in [0.717, 1.165) is 43.4 Å². The van der Waals surface area contributed by atoms with E-state index in [1.54, 1.807) is 18.2 Å². The Morgan fingerprint density at radius 3 is 2.48 bits per heavy atom. The lowest BCUT2D eigenvalue weighted by atomic mass is 9.78. The Kier molecular flexibility index (Phi) is 7.81. The minimum atomic E-state index is -4.04. The second-order valence-corrected chi connectivity index (χ2v) is 14.6. The van der Waals surface area contributed by atoms with E-state index in [9.17, 15) is 22.0 Å². The molecule has 0 unspecified atom stereocenters. The van der Waals surface area contributed by atoms with Crippen molar-refractivity contribution < 1.29 is 26.7 Å². The standard InChI is InChI=1S/C33H34ClF2NO4S/c1-21-5-7-22(8-6-21)32(38)37-18-17-33(42(39,40)26-13-10-24(35)11-14-26)28-15-12-25(19-23(28)9-16-31(33)37)41-20-27-29(34)3-2-4-30(27)36/h2-4,10-15,19,21-22,31H,5-9,16-18,20H2,1H3/t21?,22?,31-,33-/m1/s1. The van der Waals surface area contributed by atoms with Crippen LogP contribution in [0.15, 0.2) is 65.6 Å². The van der Waals surface area contributed by atoms with Gasteiger partial charge in [-0.2, -0.15) is 0 Å². The number of ether oxygens (including phenoxy) is 1. The molecular weight excluding hydrogens is 580 g/mol. The van der Waals surface area contributed by atoms with Crippen molar-refractivity contribution in [3.05, 3.63) is 94.0 Å². The molecule has 42 heavy (non-hydrogen) atoms. The highest BCUT2D eigenvalue weighted by molar-refractivity contribution is 7.92. The van der Waals surface area contributed by atoms with Gasteiger partial charge in [-0.1, -0.05) is 30.7 Å². The maximum Gasteiger partial charge on any atom is 0.225 e. The molecular formula is C33H34ClF2NO4S. The van der Waals surface area contributed by atoms with Gasteiger partial charge in [0.15, 0.2) is 9.84 Å². The Balaban J connectivity index is 1.37. The molecule has 5 nitrogen and oxygen atoms in total. The largest absolute Gasteiger partial charge is 0.489 e. The quantitative estimate of drug-likeness (QED) is 0.275. The third-order valence-electron chi connectivity index (χ3n) is 9.55. The first-order chi connectivity index (χ1) is 20.1. The van der Waals surface area contributed by atoms with Gasteiger partial charge in [0.2, 0.25) is 5.91 Å². The molecule has 3 aliphatic rings. The van der Waals surface area contributed by atoms with Crippen molar-refractivity contribution in [1.82, 2.24) is 4.90 Å². The minimum Gasteiger partial charge on any atom is -0.489 e. The number of carbonyl (C=O) groups is 1. The molecule has 6 rings (SSSR count). The van der Waals surface area contributed by atoms with E-state index in [1.807, 2.05) is 11.0 Å². The van der Waals surface area contributed by atoms with E-state index in [4.69, 9.17) is 16.3 Å². The number of hydrogen-bond donors (Lipinski definition) is 0. The van der Waals surface area contributed by atoms with Crippen LogP contribution in [0.4, 0.5) is 8.78 Å². The van der Waals surface area contributed by atoms with Crippen LogP contribution in [-0.4, -0.2) is 31.8 Å². The first-order valence-electron chi connectivity index (χ1n) is 14.6. The zero-order valence-electron chi connectivity index (χ0n) is 23.5. The van der Waals surface area contributed by atoms with Gasteiger partial charge in [0.1, 0.15) is 28.7 Å². The molecule has 1 heterocycles. The Morgan fingerprint density at radius 2 is 1.76 bits per heavy atom. The summed E-state index contributed by atoms with van der Waals surface area (Å²) in [5.74, 6) is 0.0524. The molecule has 0 radical (unpaired) electrons. The van der Waals surface area contributed by atoms with Crippen LogP contribution < -0.4 is 4.74 Å². The lowest BCUT2D eigenvalue weighted by Crippen LogP contribution is -2.53. The molecule has 2 fully saturated rings. The highest BCUT2D eigenvalue weighted by Gasteiger charge is 2.61. The number of carbonyl (C=O) groups excluding carboxylic acids is 1. The molecule has 0 bridgehead atoms. The van der Waals surface area contributed by atoms with Gasteiger partial charge in [0.05, 0.1) is 16.0 Å². The summed E-state index contributed by atoms with van der Waals surface area (Å²) in [7, 11) is -4.04. The number of amides is 1. The Morgan fingerprint density at radius 1 is 1.02 bits per heavy atom. The second kappa shape index (κ2) is 11.3. The fourth-order valence-electron chi connectivity index (χ4n) is 7.25. The predicted molar refractivity (Wildman–Crippen MR) is 157 cm³/mol. The Bertz CT molecular complexity index is 1580. The van der Waals surface area contributed by atoms with Gasteiger partial charge in [-0.3, -0.25) is 4.79 Å². The van der Waals surface area contributed by atoms with Crippen molar-refractivity contribution in [1.29, 1.82) is 0 Å². The summed E-state index contributed by atoms with van der Waals surface area (Å²) >= 11 is 6.17. The molecule has 1 amide bonds. The van der Waals surface area contributed by atoms with Crippen LogP contribution in [-0.2, 0) is 32.4 Å². The fourth-order valence-corrected chi connectivity index (χ4v) is 9.83. The highest BCUT2D eigenvalue weighted by atomic mass is 35.5. The van der Waals surface area contributed by atoms with Gasteiger partial charge >= 0.3 is 0 Å². The van der Waals surface area contributed by atoms with Crippen LogP contribution in [0, 0.1) is 23.5 Å². The number of halogens is 3. The van der Waals surface area contributed by atoms with Gasteiger partial charge in [0, 0.05) is 18.0 Å². The summed E-state index contributed by atoms with van der Waals surface area (Å²) in [5, 5.41) is 0.267. The predicted octanol–water partition coefficient (Wildman–Crippen LogP) is 7.24. The molecule has 1 saturated heterocycles. The number of likely N-dealkylation sites (tertiary alicyclic amines) is 1. The number of benzene rings is 3. The topological polar surface area (TPSA) is 63.7 Å². The molecule has 3 aromatic carbocycles. The van der Waals surface area contributed by atoms with E-state index in [1.165, 1.54) is 24.3 Å². The van der Waals surface area contributed by atoms with Crippen molar-refractivity contribution in [3.8, 4) is 5.75 Å². The zero-order chi connectivity index (χ0) is 29.6. The van der Waals surface area contributed by atoms with Gasteiger partial charge in [-0.25, -0.2) is 17.2 Å². The van der Waals surface area contributed by atoms with Crippen molar-refractivity contribution in [3.63, 3.8) is 0 Å². The third-order valence-corrected chi connectivity index (χ3v) is 12.5. The van der Waals surface area contributed by atoms with Crippen LogP contribution in [0.3, 0.4) is 0 Å². The average Bonchev–Trinajstić information content (AvgIpc) is 3.39. The number of hydrogen-bond acceptors (Lipinski definition) is 4. The number of sulfone groups is 1. The van der Waals surface area contributed by atoms with Gasteiger partial charge in [-0.05, 0) is 111 Å². The first-order valence-corrected chi connectivity index (χ1v) is 16.5. The molecule has 2 atom stereocenters. The lowest BCUT2D eigenvalue weighted by Gasteiger charge is -2.43. The molecule has 222 valence electrons. The SMILES string of the molecule is CC1CCC(C(=O)N2CC[C@@]3(S(=O)(=O)c4ccc(F)cc4)c4ccc(OCc5c(F)cccc5Cl)cc4CC[C@@H]23)CC1. The van der Waals surface area contributed by atoms with Crippen LogP contribution in [0.25, 0.3) is 0 Å². The Labute approximate surface area is 250 Å². The van der Waals surface area contributed by atoms with Crippen LogP contribution in [0.2, 0.25) is 5.02 Å². The molecule has 9 heteroatoms. The monoisotopic (exact) mass is 613 g/mol. The maximum absolute atomic E-state index is 14.6. The summed E-state index contributed by atoms with van der Waals surface area (Å²) in [6.07, 6.45) is 4.93. The number of fused-ring (bicyclic) bond motifs is 3. The van der Waals surface area contributed by atoms with Gasteiger partial charge in [-0.15, -0.1) is 0 Å². The minimum absolute atomic E-state index is 0.0389. The first kappa shape index (κ1) is 29.1. The summed E-state index contributed by atoms with van der Waals surface area (Å²) in [5.41, 5.74) is 1.70. The third kappa shape index (κ3) is 4.90. The van der Waals surface area contributed by atoms with Gasteiger partial charge in [0.25, 0.3) is 0 Å². The van der Waals surface area contributed by atoms with Gasteiger partial charge < -0.3 is 9.64 Å². The van der Waals surface area contributed by atoms with Crippen molar-refractivity contribution in [2.24, 2.45) is 11.8 Å². The summed E-state index contributed by atoms with van der Waals surface area (Å²) in [6, 6.07) is 14.2. The number of aryl methyl sites for hydroxylation is 1. The fraction of sp³-hybridized carbons (Fsp3) is 0.424. The van der Waals surface area contributed by atoms with E-state index >= 15 is 0 Å². The maximum atomic E-state index is 14.6. The molecule has 0 aromatic heterocycles. The number of rotatable bonds is 6. The number of nitrogens with zero attached hydrogens (tertiary/aromatic N) is 1. The summed E-state index contributed by atoms with van der Waals surface area (Å²) < 4.78 is 61.8. The van der Waals surface area contributed by atoms with E-state index < -0.39 is 32.3 Å². The van der Waals surface area contributed by atoms with E-state index in [0.29, 0.717) is 36.6 Å². The van der Waals surface area contributed by atoms with E-state index in [2.05, 4.69) is 6.92 Å². The molecule has 3 aromatic rings. The zero-order valence-corrected chi connectivity index (χ0v) is 25.1. The average molecular weight is 614 g/mol. The molecule has 0 N–H and O–H groups in total. The normalized spacial score (nSPS) is 25.5. The summed E-state index contributed by atoms with van der Waals surface area (Å²) in [4.78, 5) is 15.7. The van der Waals surface area contributed by atoms with Crippen molar-refractivity contribution >= 4 is 27.3 Å². The lowest BCUT2D eigenvalue weighted by molar-refractivity contribution is -0.138. The second-order valence-electron chi connectivity index (χ2n) is 11.9. The van der Waals surface area contributed by atoms with Crippen molar-refractivity contribution in [2.75, 3.05) is 6.54 Å². The molecule has 2 aliphatic carbocycles. The van der Waals surface area contributed by atoms with Crippen LogP contribution in [0.5, 0.6) is 5.75 Å². The smallest absolute Gasteiger partial charge is 0.225 e. The Hall–Kier alpha value is -2.97. The summed E-state index contributed by atoms with van der Waals surface area (Å²) in [6.45, 7) is 2.48.